The number of fused-ring (bicyclic) bond motifs is 2. The highest BCUT2D eigenvalue weighted by atomic mass is 16.5. The molecule has 4 aromatic rings. The van der Waals surface area contributed by atoms with Gasteiger partial charge in [0.25, 0.3) is 0 Å². The van der Waals surface area contributed by atoms with Gasteiger partial charge < -0.3 is 19.9 Å². The van der Waals surface area contributed by atoms with E-state index >= 15 is 0 Å². The van der Waals surface area contributed by atoms with Crippen molar-refractivity contribution in [2.45, 2.75) is 44.8 Å². The van der Waals surface area contributed by atoms with Gasteiger partial charge in [0, 0.05) is 48.2 Å². The predicted octanol–water partition coefficient (Wildman–Crippen LogP) is 5.17. The van der Waals surface area contributed by atoms with Crippen LogP contribution in [0, 0.1) is 6.92 Å². The molecule has 0 aliphatic heterocycles. The number of benzene rings is 2. The molecule has 0 saturated heterocycles. The molecule has 5 heteroatoms. The van der Waals surface area contributed by atoms with Crippen molar-refractivity contribution in [1.82, 2.24) is 14.9 Å². The Morgan fingerprint density at radius 2 is 1.90 bits per heavy atom. The Balaban J connectivity index is 1.23. The first-order chi connectivity index (χ1) is 15.1. The second-order valence-corrected chi connectivity index (χ2v) is 8.72. The van der Waals surface area contributed by atoms with Crippen LogP contribution in [0.4, 0.5) is 5.82 Å². The van der Waals surface area contributed by atoms with E-state index in [9.17, 15) is 0 Å². The van der Waals surface area contributed by atoms with Crippen LogP contribution in [-0.2, 0) is 13.6 Å². The average molecular weight is 415 g/mol. The first-order valence-corrected chi connectivity index (χ1v) is 11.1. The van der Waals surface area contributed by atoms with Gasteiger partial charge in [-0.05, 0) is 67.6 Å². The van der Waals surface area contributed by atoms with Gasteiger partial charge in [0.05, 0.1) is 12.6 Å². The molecule has 2 atom stereocenters. The number of hydrogen-bond donors (Lipinski definition) is 2. The number of para-hydroxylation sites is 1. The highest BCUT2D eigenvalue weighted by Gasteiger charge is 2.25. The minimum absolute atomic E-state index is 0.451. The van der Waals surface area contributed by atoms with Gasteiger partial charge >= 0.3 is 0 Å². The molecule has 0 radical (unpaired) electrons. The van der Waals surface area contributed by atoms with E-state index in [4.69, 9.17) is 9.72 Å². The SMILES string of the molecule is COc1ccc2nc(NC3CCC(NCc4cn(C)c5ccccc45)C3)cc(C)c2c1. The summed E-state index contributed by atoms with van der Waals surface area (Å²) in [6.45, 7) is 3.05. The molecular weight excluding hydrogens is 384 g/mol. The van der Waals surface area contributed by atoms with Crippen LogP contribution < -0.4 is 15.4 Å². The highest BCUT2D eigenvalue weighted by molar-refractivity contribution is 5.85. The molecule has 31 heavy (non-hydrogen) atoms. The van der Waals surface area contributed by atoms with E-state index < -0.39 is 0 Å². The third-order valence-corrected chi connectivity index (χ3v) is 6.57. The molecule has 2 aromatic carbocycles. The summed E-state index contributed by atoms with van der Waals surface area (Å²) in [5, 5.41) is 9.95. The summed E-state index contributed by atoms with van der Waals surface area (Å²) in [6.07, 6.45) is 5.71. The number of ether oxygens (including phenoxy) is 1. The third-order valence-electron chi connectivity index (χ3n) is 6.57. The van der Waals surface area contributed by atoms with Gasteiger partial charge in [0.2, 0.25) is 0 Å². The van der Waals surface area contributed by atoms with Gasteiger partial charge in [-0.1, -0.05) is 18.2 Å². The Kier molecular flexibility index (Phi) is 5.28. The van der Waals surface area contributed by atoms with Gasteiger partial charge in [-0.2, -0.15) is 0 Å². The minimum atomic E-state index is 0.451. The van der Waals surface area contributed by atoms with Crippen molar-refractivity contribution in [2.24, 2.45) is 7.05 Å². The molecule has 2 unspecified atom stereocenters. The molecule has 1 aliphatic rings. The van der Waals surface area contributed by atoms with Crippen molar-refractivity contribution in [2.75, 3.05) is 12.4 Å². The number of nitrogens with zero attached hydrogens (tertiary/aromatic N) is 2. The summed E-state index contributed by atoms with van der Waals surface area (Å²) in [6, 6.07) is 17.8. The zero-order chi connectivity index (χ0) is 21.4. The number of anilines is 1. The van der Waals surface area contributed by atoms with Gasteiger partial charge in [-0.15, -0.1) is 0 Å². The molecule has 2 heterocycles. The Hall–Kier alpha value is -3.05. The van der Waals surface area contributed by atoms with E-state index in [-0.39, 0.29) is 0 Å². The molecule has 0 spiro atoms. The maximum Gasteiger partial charge on any atom is 0.127 e. The van der Waals surface area contributed by atoms with Crippen LogP contribution in [0.15, 0.2) is 54.7 Å². The Labute approximate surface area is 183 Å². The van der Waals surface area contributed by atoms with Gasteiger partial charge in [-0.3, -0.25) is 0 Å². The topological polar surface area (TPSA) is 51.1 Å². The summed E-state index contributed by atoms with van der Waals surface area (Å²) in [7, 11) is 3.82. The van der Waals surface area contributed by atoms with Crippen molar-refractivity contribution < 1.29 is 4.74 Å². The van der Waals surface area contributed by atoms with E-state index in [1.54, 1.807) is 7.11 Å². The number of aromatic nitrogens is 2. The third kappa shape index (κ3) is 3.98. The van der Waals surface area contributed by atoms with Crippen molar-refractivity contribution in [3.05, 3.63) is 65.9 Å². The summed E-state index contributed by atoms with van der Waals surface area (Å²) >= 11 is 0. The minimum Gasteiger partial charge on any atom is -0.497 e. The molecule has 160 valence electrons. The van der Waals surface area contributed by atoms with Crippen molar-refractivity contribution >= 4 is 27.6 Å². The lowest BCUT2D eigenvalue weighted by atomic mass is 10.1. The van der Waals surface area contributed by atoms with E-state index in [0.29, 0.717) is 12.1 Å². The van der Waals surface area contributed by atoms with E-state index in [1.807, 2.05) is 12.1 Å². The Morgan fingerprint density at radius 1 is 1.06 bits per heavy atom. The number of pyridine rings is 1. The molecule has 5 nitrogen and oxygen atoms in total. The van der Waals surface area contributed by atoms with Gasteiger partial charge in [0.1, 0.15) is 11.6 Å². The van der Waals surface area contributed by atoms with E-state index in [2.05, 4.69) is 71.8 Å². The zero-order valence-corrected chi connectivity index (χ0v) is 18.5. The summed E-state index contributed by atoms with van der Waals surface area (Å²) < 4.78 is 7.57. The Bertz CT molecular complexity index is 1230. The maximum atomic E-state index is 5.36. The zero-order valence-electron chi connectivity index (χ0n) is 18.5. The first kappa shape index (κ1) is 19.9. The van der Waals surface area contributed by atoms with Crippen LogP contribution in [0.25, 0.3) is 21.8 Å². The van der Waals surface area contributed by atoms with Crippen LogP contribution in [0.1, 0.15) is 30.4 Å². The maximum absolute atomic E-state index is 5.36. The molecule has 2 aromatic heterocycles. The van der Waals surface area contributed by atoms with Crippen LogP contribution in [-0.4, -0.2) is 28.7 Å². The van der Waals surface area contributed by atoms with Crippen LogP contribution in [0.5, 0.6) is 5.75 Å². The fourth-order valence-electron chi connectivity index (χ4n) is 4.90. The fourth-order valence-corrected chi connectivity index (χ4v) is 4.90. The predicted molar refractivity (Wildman–Crippen MR) is 128 cm³/mol. The molecule has 5 rings (SSSR count). The highest BCUT2D eigenvalue weighted by Crippen LogP contribution is 2.28. The molecule has 2 N–H and O–H groups in total. The summed E-state index contributed by atoms with van der Waals surface area (Å²) in [5.74, 6) is 1.84. The van der Waals surface area contributed by atoms with E-state index in [0.717, 1.165) is 41.9 Å². The smallest absolute Gasteiger partial charge is 0.127 e. The number of rotatable bonds is 6. The quantitative estimate of drug-likeness (QED) is 0.457. The molecule has 0 bridgehead atoms. The molecule has 0 amide bonds. The van der Waals surface area contributed by atoms with Gasteiger partial charge in [-0.25, -0.2) is 4.98 Å². The lowest BCUT2D eigenvalue weighted by Gasteiger charge is -2.16. The molecule has 1 saturated carbocycles. The van der Waals surface area contributed by atoms with E-state index in [1.165, 1.54) is 28.5 Å². The van der Waals surface area contributed by atoms with Crippen molar-refractivity contribution in [3.63, 3.8) is 0 Å². The first-order valence-electron chi connectivity index (χ1n) is 11.1. The fraction of sp³-hybridized carbons (Fsp3) is 0.346. The average Bonchev–Trinajstić information content (AvgIpc) is 3.36. The van der Waals surface area contributed by atoms with Gasteiger partial charge in [0.15, 0.2) is 0 Å². The Morgan fingerprint density at radius 3 is 2.77 bits per heavy atom. The molecular formula is C26H30N4O. The standard InChI is InChI=1S/C26H30N4O/c1-17-12-26(29-24-11-10-21(31-3)14-23(17)24)28-20-9-8-19(13-20)27-15-18-16-30(2)25-7-5-4-6-22(18)25/h4-7,10-12,14,16,19-20,27H,8-9,13,15H2,1-3H3,(H,28,29). The van der Waals surface area contributed by atoms with Crippen molar-refractivity contribution in [1.29, 1.82) is 0 Å². The largest absolute Gasteiger partial charge is 0.497 e. The van der Waals surface area contributed by atoms with Crippen LogP contribution in [0.3, 0.4) is 0 Å². The number of hydrogen-bond acceptors (Lipinski definition) is 4. The normalized spacial score (nSPS) is 18.7. The number of methoxy groups -OCH3 is 1. The second-order valence-electron chi connectivity index (χ2n) is 8.72. The van der Waals surface area contributed by atoms with Crippen molar-refractivity contribution in [3.8, 4) is 5.75 Å². The van der Waals surface area contributed by atoms with Crippen LogP contribution in [0.2, 0.25) is 0 Å². The summed E-state index contributed by atoms with van der Waals surface area (Å²) in [5.41, 5.74) is 4.89. The monoisotopic (exact) mass is 414 g/mol. The number of nitrogens with one attached hydrogen (secondary N) is 2. The second kappa shape index (κ2) is 8.23. The molecule has 1 aliphatic carbocycles. The summed E-state index contributed by atoms with van der Waals surface area (Å²) in [4.78, 5) is 4.84. The lowest BCUT2D eigenvalue weighted by molar-refractivity contribution is 0.415. The lowest BCUT2D eigenvalue weighted by Crippen LogP contribution is -2.27. The molecule has 1 fully saturated rings. The number of aryl methyl sites for hydroxylation is 2. The van der Waals surface area contributed by atoms with Crippen LogP contribution >= 0.6 is 0 Å².